The number of carbonyl (C=O) groups is 4. The molecule has 2 amide bonds. The second-order valence-corrected chi connectivity index (χ2v) is 11.1. The van der Waals surface area contributed by atoms with Gasteiger partial charge in [-0.2, -0.15) is 0 Å². The Morgan fingerprint density at radius 1 is 0.917 bits per heavy atom. The van der Waals surface area contributed by atoms with Gasteiger partial charge in [-0.1, -0.05) is 48.9 Å². The molecule has 0 spiro atoms. The number of carbonyl (C=O) groups excluding carboxylic acids is 4. The van der Waals surface area contributed by atoms with Crippen molar-refractivity contribution in [3.8, 4) is 5.75 Å². The summed E-state index contributed by atoms with van der Waals surface area (Å²) >= 11 is 0. The van der Waals surface area contributed by atoms with E-state index in [1.807, 2.05) is 37.3 Å². The van der Waals surface area contributed by atoms with Crippen LogP contribution in [0.3, 0.4) is 0 Å². The summed E-state index contributed by atoms with van der Waals surface area (Å²) in [4.78, 5) is 55.2. The van der Waals surface area contributed by atoms with Crippen LogP contribution in [0.1, 0.15) is 45.1 Å². The number of aromatic hydroxyl groups is 1. The monoisotopic (exact) mass is 483 g/mol. The Kier molecular flexibility index (Phi) is 4.76. The van der Waals surface area contributed by atoms with Gasteiger partial charge in [0, 0.05) is 24.3 Å². The fraction of sp³-hybridized carbons (Fsp3) is 0.400. The van der Waals surface area contributed by atoms with Gasteiger partial charge in [0.2, 0.25) is 11.8 Å². The number of hydrogen-bond acceptors (Lipinski definition) is 5. The van der Waals surface area contributed by atoms with Gasteiger partial charge >= 0.3 is 0 Å². The van der Waals surface area contributed by atoms with Crippen molar-refractivity contribution >= 4 is 34.2 Å². The number of Topliss-reactive ketones (excluding diaryl/α,β-unsaturated/α-hetero) is 2. The van der Waals surface area contributed by atoms with Gasteiger partial charge < -0.3 is 5.11 Å². The molecule has 1 saturated heterocycles. The molecule has 2 fully saturated rings. The van der Waals surface area contributed by atoms with Crippen molar-refractivity contribution in [2.75, 3.05) is 7.05 Å². The second-order valence-electron chi connectivity index (χ2n) is 11.1. The highest BCUT2D eigenvalue weighted by molar-refractivity contribution is 6.16. The molecule has 0 radical (unpaired) electrons. The maximum absolute atomic E-state index is 14.1. The lowest BCUT2D eigenvalue weighted by atomic mass is 9.46. The van der Waals surface area contributed by atoms with E-state index in [1.54, 1.807) is 19.9 Å². The number of hydrogen-bond donors (Lipinski definition) is 1. The molecule has 36 heavy (non-hydrogen) atoms. The van der Waals surface area contributed by atoms with E-state index >= 15 is 0 Å². The number of benzene rings is 2. The summed E-state index contributed by atoms with van der Waals surface area (Å²) in [5.41, 5.74) is 1.78. The third kappa shape index (κ3) is 2.67. The van der Waals surface area contributed by atoms with Crippen molar-refractivity contribution in [2.24, 2.45) is 29.1 Å². The maximum atomic E-state index is 14.1. The predicted octanol–water partition coefficient (Wildman–Crippen LogP) is 4.32. The van der Waals surface area contributed by atoms with Crippen molar-refractivity contribution in [3.63, 3.8) is 0 Å². The zero-order valence-electron chi connectivity index (χ0n) is 20.9. The van der Waals surface area contributed by atoms with Gasteiger partial charge in [-0.05, 0) is 60.8 Å². The lowest BCUT2D eigenvalue weighted by molar-refractivity contribution is -0.142. The van der Waals surface area contributed by atoms with E-state index in [1.165, 1.54) is 11.9 Å². The zero-order chi connectivity index (χ0) is 25.7. The number of phenolic OH excluding ortho intramolecular Hbond substituents is 1. The van der Waals surface area contributed by atoms with Crippen LogP contribution in [-0.2, 0) is 19.2 Å². The van der Waals surface area contributed by atoms with Crippen LogP contribution in [0.25, 0.3) is 10.8 Å². The van der Waals surface area contributed by atoms with E-state index in [9.17, 15) is 24.3 Å². The fourth-order valence-electron chi connectivity index (χ4n) is 7.64. The van der Waals surface area contributed by atoms with E-state index in [2.05, 4.69) is 6.08 Å². The Labute approximate surface area is 209 Å². The number of imide groups is 1. The minimum Gasteiger partial charge on any atom is -0.507 e. The van der Waals surface area contributed by atoms with Crippen LogP contribution in [0, 0.1) is 29.1 Å². The van der Waals surface area contributed by atoms with Gasteiger partial charge in [-0.25, -0.2) is 0 Å². The van der Waals surface area contributed by atoms with Crippen molar-refractivity contribution < 1.29 is 24.3 Å². The standard InChI is InChI=1S/C30H29NO5/c1-14-15(2)27(34)30(3)22(26(14)33)13-21-19(9-10-20-24(21)29(36)31(4)28(20)35)25(30)18-11-12-23(32)17-8-6-5-7-16(17)18/h5-9,11-12,20-22,24-25,32H,10,13H2,1-4H3/t20-,21+,22-,24-,25-,30+/m0/s1. The summed E-state index contributed by atoms with van der Waals surface area (Å²) in [6.45, 7) is 5.35. The van der Waals surface area contributed by atoms with Crippen LogP contribution in [-0.4, -0.2) is 40.4 Å². The van der Waals surface area contributed by atoms with Gasteiger partial charge in [0.25, 0.3) is 0 Å². The van der Waals surface area contributed by atoms with Crippen LogP contribution in [0.15, 0.2) is 59.2 Å². The molecule has 0 bridgehead atoms. The van der Waals surface area contributed by atoms with Crippen LogP contribution >= 0.6 is 0 Å². The molecule has 0 aromatic heterocycles. The SMILES string of the molecule is CC1=C(C)C(=O)[C@@]2(C)[C@@H](c3ccc(O)c4ccccc34)C3=CC[C@@H]4C(=O)N(C)C(=O)[C@@H]4[C@@H]3C[C@H]2C1=O. The average Bonchev–Trinajstić information content (AvgIpc) is 3.10. The molecule has 6 nitrogen and oxygen atoms in total. The number of ketones is 2. The molecule has 1 aliphatic heterocycles. The lowest BCUT2D eigenvalue weighted by Gasteiger charge is -2.54. The molecular formula is C30H29NO5. The highest BCUT2D eigenvalue weighted by Gasteiger charge is 2.63. The lowest BCUT2D eigenvalue weighted by Crippen LogP contribution is -2.55. The smallest absolute Gasteiger partial charge is 0.233 e. The van der Waals surface area contributed by atoms with E-state index < -0.39 is 29.1 Å². The molecule has 4 aliphatic rings. The fourth-order valence-corrected chi connectivity index (χ4v) is 7.64. The number of likely N-dealkylation sites (tertiary alicyclic amines) is 1. The molecule has 6 atom stereocenters. The molecular weight excluding hydrogens is 454 g/mol. The molecule has 1 saturated carbocycles. The van der Waals surface area contributed by atoms with Gasteiger partial charge in [0.05, 0.1) is 17.3 Å². The van der Waals surface area contributed by atoms with Crippen LogP contribution in [0.5, 0.6) is 5.75 Å². The minimum atomic E-state index is -1.03. The normalized spacial score (nSPS) is 34.1. The highest BCUT2D eigenvalue weighted by atomic mass is 16.3. The Bertz CT molecular complexity index is 1460. The molecule has 2 aromatic carbocycles. The Morgan fingerprint density at radius 3 is 2.33 bits per heavy atom. The van der Waals surface area contributed by atoms with Crippen molar-refractivity contribution in [3.05, 3.63) is 64.8 Å². The maximum Gasteiger partial charge on any atom is 0.233 e. The summed E-state index contributed by atoms with van der Waals surface area (Å²) in [7, 11) is 1.53. The molecule has 3 aliphatic carbocycles. The van der Waals surface area contributed by atoms with Crippen molar-refractivity contribution in [1.82, 2.24) is 4.90 Å². The molecule has 6 heteroatoms. The first-order valence-electron chi connectivity index (χ1n) is 12.6. The Morgan fingerprint density at radius 2 is 1.61 bits per heavy atom. The average molecular weight is 484 g/mol. The van der Waals surface area contributed by atoms with Gasteiger partial charge in [-0.15, -0.1) is 0 Å². The molecule has 1 N–H and O–H groups in total. The molecule has 2 aromatic rings. The van der Waals surface area contributed by atoms with Gasteiger partial charge in [0.15, 0.2) is 11.6 Å². The van der Waals surface area contributed by atoms with E-state index in [0.717, 1.165) is 16.5 Å². The second kappa shape index (κ2) is 7.48. The molecule has 0 unspecified atom stereocenters. The summed E-state index contributed by atoms with van der Waals surface area (Å²) < 4.78 is 0. The summed E-state index contributed by atoms with van der Waals surface area (Å²) in [6, 6.07) is 11.0. The number of rotatable bonds is 1. The largest absolute Gasteiger partial charge is 0.507 e. The van der Waals surface area contributed by atoms with Gasteiger partial charge in [-0.3, -0.25) is 24.1 Å². The zero-order valence-corrected chi connectivity index (χ0v) is 20.9. The van der Waals surface area contributed by atoms with E-state index in [0.29, 0.717) is 29.4 Å². The van der Waals surface area contributed by atoms with Crippen molar-refractivity contribution in [2.45, 2.75) is 39.5 Å². The number of fused-ring (bicyclic) bond motifs is 5. The first-order chi connectivity index (χ1) is 17.1. The summed E-state index contributed by atoms with van der Waals surface area (Å²) in [5, 5.41) is 12.1. The molecule has 6 rings (SSSR count). The first-order valence-corrected chi connectivity index (χ1v) is 12.6. The first kappa shape index (κ1) is 22.9. The third-order valence-electron chi connectivity index (χ3n) is 9.64. The molecule has 184 valence electrons. The number of phenols is 1. The Balaban J connectivity index is 1.65. The molecule has 1 heterocycles. The van der Waals surface area contributed by atoms with Gasteiger partial charge in [0.1, 0.15) is 5.75 Å². The Hall–Kier alpha value is -3.54. The summed E-state index contributed by atoms with van der Waals surface area (Å²) in [6.07, 6.45) is 2.87. The van der Waals surface area contributed by atoms with Crippen LogP contribution in [0.2, 0.25) is 0 Å². The highest BCUT2D eigenvalue weighted by Crippen LogP contribution is 2.63. The van der Waals surface area contributed by atoms with Crippen LogP contribution < -0.4 is 0 Å². The number of amides is 2. The minimum absolute atomic E-state index is 0.0424. The van der Waals surface area contributed by atoms with Crippen LogP contribution in [0.4, 0.5) is 0 Å². The van der Waals surface area contributed by atoms with E-state index in [-0.39, 0.29) is 35.0 Å². The quantitative estimate of drug-likeness (QED) is 0.482. The topological polar surface area (TPSA) is 91.8 Å². The number of nitrogens with zero attached hydrogens (tertiary/aromatic N) is 1. The van der Waals surface area contributed by atoms with Crippen molar-refractivity contribution in [1.29, 1.82) is 0 Å². The summed E-state index contributed by atoms with van der Waals surface area (Å²) in [5.74, 6) is -2.61. The number of allylic oxidation sites excluding steroid dienone is 4. The third-order valence-corrected chi connectivity index (χ3v) is 9.64. The predicted molar refractivity (Wildman–Crippen MR) is 134 cm³/mol. The van der Waals surface area contributed by atoms with E-state index in [4.69, 9.17) is 0 Å².